The highest BCUT2D eigenvalue weighted by atomic mass is 32.1. The molecular formula is C12H11N3OS. The van der Waals surface area contributed by atoms with E-state index in [1.165, 1.54) is 0 Å². The SMILES string of the molecule is O=C(Nc1ccc(S)cc1)Nc1cccnc1. The zero-order chi connectivity index (χ0) is 12.1. The second-order valence-corrected chi connectivity index (χ2v) is 3.88. The first-order valence-electron chi connectivity index (χ1n) is 5.01. The maximum absolute atomic E-state index is 11.6. The van der Waals surface area contributed by atoms with E-state index < -0.39 is 0 Å². The monoisotopic (exact) mass is 245 g/mol. The molecule has 1 aromatic heterocycles. The van der Waals surface area contributed by atoms with Gasteiger partial charge in [-0.3, -0.25) is 4.98 Å². The largest absolute Gasteiger partial charge is 0.323 e. The van der Waals surface area contributed by atoms with Crippen LogP contribution in [0.15, 0.2) is 53.7 Å². The fraction of sp³-hybridized carbons (Fsp3) is 0. The summed E-state index contributed by atoms with van der Waals surface area (Å²) in [6.45, 7) is 0. The van der Waals surface area contributed by atoms with Crippen LogP contribution in [-0.2, 0) is 0 Å². The van der Waals surface area contributed by atoms with Crippen LogP contribution in [0.5, 0.6) is 0 Å². The summed E-state index contributed by atoms with van der Waals surface area (Å²) in [4.78, 5) is 16.4. The number of nitrogens with zero attached hydrogens (tertiary/aromatic N) is 1. The molecule has 0 fully saturated rings. The van der Waals surface area contributed by atoms with Crippen LogP contribution in [-0.4, -0.2) is 11.0 Å². The second kappa shape index (κ2) is 5.36. The minimum absolute atomic E-state index is 0.301. The number of rotatable bonds is 2. The quantitative estimate of drug-likeness (QED) is 0.712. The number of urea groups is 1. The Morgan fingerprint density at radius 1 is 1.06 bits per heavy atom. The number of pyridine rings is 1. The van der Waals surface area contributed by atoms with Gasteiger partial charge in [-0.05, 0) is 36.4 Å². The molecule has 0 radical (unpaired) electrons. The predicted octanol–water partition coefficient (Wildman–Crippen LogP) is 3.01. The summed E-state index contributed by atoms with van der Waals surface area (Å²) < 4.78 is 0. The third-order valence-electron chi connectivity index (χ3n) is 2.04. The average Bonchev–Trinajstić information content (AvgIpc) is 2.33. The molecule has 0 atom stereocenters. The van der Waals surface area contributed by atoms with Gasteiger partial charge in [-0.15, -0.1) is 12.6 Å². The predicted molar refractivity (Wildman–Crippen MR) is 70.6 cm³/mol. The van der Waals surface area contributed by atoms with Crippen molar-refractivity contribution >= 4 is 30.0 Å². The van der Waals surface area contributed by atoms with E-state index in [2.05, 4.69) is 28.2 Å². The van der Waals surface area contributed by atoms with E-state index in [9.17, 15) is 4.79 Å². The lowest BCUT2D eigenvalue weighted by Gasteiger charge is -2.07. The molecule has 0 aliphatic carbocycles. The van der Waals surface area contributed by atoms with Crippen molar-refractivity contribution in [3.63, 3.8) is 0 Å². The highest BCUT2D eigenvalue weighted by molar-refractivity contribution is 7.80. The summed E-state index contributed by atoms with van der Waals surface area (Å²) in [6.07, 6.45) is 3.23. The van der Waals surface area contributed by atoms with E-state index in [-0.39, 0.29) is 6.03 Å². The average molecular weight is 245 g/mol. The Labute approximate surface area is 104 Å². The highest BCUT2D eigenvalue weighted by Gasteiger charge is 2.01. The Bertz CT molecular complexity index is 499. The van der Waals surface area contributed by atoms with Crippen LogP contribution in [0.3, 0.4) is 0 Å². The minimum atomic E-state index is -0.301. The van der Waals surface area contributed by atoms with Crippen molar-refractivity contribution in [2.45, 2.75) is 4.90 Å². The fourth-order valence-electron chi connectivity index (χ4n) is 1.27. The molecule has 0 unspecified atom stereocenters. The molecule has 4 nitrogen and oxygen atoms in total. The molecule has 86 valence electrons. The molecule has 0 saturated carbocycles. The van der Waals surface area contributed by atoms with Gasteiger partial charge in [-0.25, -0.2) is 4.79 Å². The molecule has 0 bridgehead atoms. The number of aromatic nitrogens is 1. The number of amides is 2. The van der Waals surface area contributed by atoms with Crippen LogP contribution >= 0.6 is 12.6 Å². The molecule has 0 aliphatic rings. The molecule has 2 rings (SSSR count). The molecule has 0 spiro atoms. The van der Waals surface area contributed by atoms with E-state index in [0.29, 0.717) is 11.4 Å². The van der Waals surface area contributed by atoms with Crippen LogP contribution in [0.25, 0.3) is 0 Å². The molecule has 2 amide bonds. The normalized spacial score (nSPS) is 9.71. The summed E-state index contributed by atoms with van der Waals surface area (Å²) >= 11 is 4.17. The summed E-state index contributed by atoms with van der Waals surface area (Å²) in [6, 6.07) is 10.4. The van der Waals surface area contributed by atoms with Gasteiger partial charge >= 0.3 is 6.03 Å². The van der Waals surface area contributed by atoms with Gasteiger partial charge < -0.3 is 10.6 Å². The van der Waals surface area contributed by atoms with Crippen molar-refractivity contribution < 1.29 is 4.79 Å². The van der Waals surface area contributed by atoms with Crippen LogP contribution in [0.4, 0.5) is 16.2 Å². The number of anilines is 2. The molecule has 1 aromatic carbocycles. The van der Waals surface area contributed by atoms with Gasteiger partial charge in [0.15, 0.2) is 0 Å². The Morgan fingerprint density at radius 2 is 1.76 bits per heavy atom. The van der Waals surface area contributed by atoms with E-state index in [1.807, 2.05) is 12.1 Å². The number of benzene rings is 1. The van der Waals surface area contributed by atoms with E-state index >= 15 is 0 Å². The molecule has 2 aromatic rings. The maximum Gasteiger partial charge on any atom is 0.323 e. The second-order valence-electron chi connectivity index (χ2n) is 3.37. The van der Waals surface area contributed by atoms with Gasteiger partial charge in [-0.1, -0.05) is 0 Å². The molecule has 0 aliphatic heterocycles. The van der Waals surface area contributed by atoms with Gasteiger partial charge in [-0.2, -0.15) is 0 Å². The zero-order valence-corrected chi connectivity index (χ0v) is 9.82. The van der Waals surface area contributed by atoms with Crippen molar-refractivity contribution in [3.8, 4) is 0 Å². The van der Waals surface area contributed by atoms with Gasteiger partial charge in [0.05, 0.1) is 11.9 Å². The summed E-state index contributed by atoms with van der Waals surface area (Å²) in [5.41, 5.74) is 1.36. The van der Waals surface area contributed by atoms with Crippen LogP contribution < -0.4 is 10.6 Å². The third kappa shape index (κ3) is 3.49. The lowest BCUT2D eigenvalue weighted by molar-refractivity contribution is 0.262. The molecule has 17 heavy (non-hydrogen) atoms. The molecular weight excluding hydrogens is 234 g/mol. The van der Waals surface area contributed by atoms with Crippen molar-refractivity contribution in [2.75, 3.05) is 10.6 Å². The van der Waals surface area contributed by atoms with Crippen molar-refractivity contribution in [3.05, 3.63) is 48.8 Å². The summed E-state index contributed by atoms with van der Waals surface area (Å²) in [5, 5.41) is 5.38. The first kappa shape index (κ1) is 11.5. The van der Waals surface area contributed by atoms with Gasteiger partial charge in [0.1, 0.15) is 0 Å². The number of carbonyl (C=O) groups excluding carboxylic acids is 1. The van der Waals surface area contributed by atoms with Crippen LogP contribution in [0.1, 0.15) is 0 Å². The van der Waals surface area contributed by atoms with Crippen LogP contribution in [0.2, 0.25) is 0 Å². The smallest absolute Gasteiger partial charge is 0.308 e. The van der Waals surface area contributed by atoms with Crippen LogP contribution in [0, 0.1) is 0 Å². The van der Waals surface area contributed by atoms with Gasteiger partial charge in [0.2, 0.25) is 0 Å². The van der Waals surface area contributed by atoms with E-state index in [0.717, 1.165) is 4.90 Å². The number of carbonyl (C=O) groups is 1. The number of nitrogens with one attached hydrogen (secondary N) is 2. The highest BCUT2D eigenvalue weighted by Crippen LogP contribution is 2.12. The topological polar surface area (TPSA) is 54.0 Å². The van der Waals surface area contributed by atoms with Crippen molar-refractivity contribution in [2.24, 2.45) is 0 Å². The third-order valence-corrected chi connectivity index (χ3v) is 2.34. The molecule has 0 saturated heterocycles. The van der Waals surface area contributed by atoms with Gasteiger partial charge in [0, 0.05) is 16.8 Å². The standard InChI is InChI=1S/C12H11N3OS/c16-12(15-10-2-1-7-13-8-10)14-9-3-5-11(17)6-4-9/h1-8,17H,(H2,14,15,16). The lowest BCUT2D eigenvalue weighted by atomic mass is 10.3. The molecule has 5 heteroatoms. The minimum Gasteiger partial charge on any atom is -0.308 e. The summed E-state index contributed by atoms with van der Waals surface area (Å²) in [7, 11) is 0. The molecule has 1 heterocycles. The van der Waals surface area contributed by atoms with E-state index in [1.54, 1.807) is 36.7 Å². The maximum atomic E-state index is 11.6. The Balaban J connectivity index is 1.96. The summed E-state index contributed by atoms with van der Waals surface area (Å²) in [5.74, 6) is 0. The zero-order valence-electron chi connectivity index (χ0n) is 8.92. The number of hydrogen-bond acceptors (Lipinski definition) is 3. The van der Waals surface area contributed by atoms with Crippen molar-refractivity contribution in [1.29, 1.82) is 0 Å². The number of hydrogen-bond donors (Lipinski definition) is 3. The van der Waals surface area contributed by atoms with E-state index in [4.69, 9.17) is 0 Å². The van der Waals surface area contributed by atoms with Gasteiger partial charge in [0.25, 0.3) is 0 Å². The number of thiol groups is 1. The Morgan fingerprint density at radius 3 is 2.41 bits per heavy atom. The van der Waals surface area contributed by atoms with Crippen molar-refractivity contribution in [1.82, 2.24) is 4.98 Å². The Hall–Kier alpha value is -2.01. The fourth-order valence-corrected chi connectivity index (χ4v) is 1.42. The molecule has 2 N–H and O–H groups in total. The lowest BCUT2D eigenvalue weighted by Crippen LogP contribution is -2.19. The Kier molecular flexibility index (Phi) is 3.62. The first-order valence-corrected chi connectivity index (χ1v) is 5.46. The first-order chi connectivity index (χ1) is 8.24.